The van der Waals surface area contributed by atoms with Crippen molar-refractivity contribution >= 4 is 12.1 Å². The fourth-order valence-electron chi connectivity index (χ4n) is 12.8. The van der Waals surface area contributed by atoms with Gasteiger partial charge in [0.1, 0.15) is 6.10 Å². The van der Waals surface area contributed by atoms with E-state index in [1.807, 2.05) is 0 Å². The van der Waals surface area contributed by atoms with Crippen LogP contribution in [0.15, 0.2) is 0 Å². The monoisotopic (exact) mass is 589 g/mol. The molecule has 6 aliphatic rings. The first-order valence-electron chi connectivity index (χ1n) is 16.5. The summed E-state index contributed by atoms with van der Waals surface area (Å²) in [5, 5.41) is 26.0. The first-order valence-corrected chi connectivity index (χ1v) is 16.5. The molecule has 42 heavy (non-hydrogen) atoms. The number of nitrogens with one attached hydrogen (secondary N) is 1. The Balaban J connectivity index is 1.31. The molecule has 2 spiro atoms. The maximum atomic E-state index is 12.4. The van der Waals surface area contributed by atoms with Gasteiger partial charge in [-0.2, -0.15) is 0 Å². The minimum atomic E-state index is -1.26. The van der Waals surface area contributed by atoms with Crippen molar-refractivity contribution in [2.24, 2.45) is 50.7 Å². The van der Waals surface area contributed by atoms with Crippen molar-refractivity contribution in [1.29, 1.82) is 0 Å². The van der Waals surface area contributed by atoms with Gasteiger partial charge in [-0.3, -0.25) is 4.79 Å². The summed E-state index contributed by atoms with van der Waals surface area (Å²) in [5.41, 5.74) is -1.28. The molecule has 238 valence electrons. The molecule has 13 atom stereocenters. The number of alkyl carbamates (subject to hydrolysis) is 1. The summed E-state index contributed by atoms with van der Waals surface area (Å²) in [6, 6.07) is 0. The van der Waals surface area contributed by atoms with Crippen molar-refractivity contribution in [3.63, 3.8) is 0 Å². The highest BCUT2D eigenvalue weighted by atomic mass is 16.6. The van der Waals surface area contributed by atoms with E-state index in [0.29, 0.717) is 18.3 Å². The molecule has 5 aliphatic carbocycles. The number of carbonyl (C=O) groups excluding carboxylic acids is 2. The fourth-order valence-corrected chi connectivity index (χ4v) is 12.8. The van der Waals surface area contributed by atoms with Crippen LogP contribution in [0.3, 0.4) is 0 Å². The molecule has 6 fully saturated rings. The normalized spacial score (nSPS) is 51.0. The van der Waals surface area contributed by atoms with Crippen LogP contribution in [-0.2, 0) is 19.0 Å². The summed E-state index contributed by atoms with van der Waals surface area (Å²) < 4.78 is 18.4. The van der Waals surface area contributed by atoms with Gasteiger partial charge in [0.2, 0.25) is 0 Å². The topological polar surface area (TPSA) is 114 Å². The lowest BCUT2D eigenvalue weighted by Gasteiger charge is -2.63. The second kappa shape index (κ2) is 9.32. The van der Waals surface area contributed by atoms with E-state index >= 15 is 0 Å². The summed E-state index contributed by atoms with van der Waals surface area (Å²) in [6.07, 6.45) is 5.62. The van der Waals surface area contributed by atoms with E-state index in [2.05, 4.69) is 39.9 Å². The molecule has 1 aliphatic heterocycles. The molecule has 0 aromatic heterocycles. The Kier molecular flexibility index (Phi) is 6.80. The highest BCUT2D eigenvalue weighted by Crippen LogP contribution is 2.89. The van der Waals surface area contributed by atoms with E-state index in [9.17, 15) is 19.8 Å². The first-order chi connectivity index (χ1) is 19.4. The highest BCUT2D eigenvalue weighted by Gasteiger charge is 2.84. The Bertz CT molecular complexity index is 1130. The Hall–Kier alpha value is -1.38. The molecule has 8 nitrogen and oxygen atoms in total. The maximum absolute atomic E-state index is 12.4. The van der Waals surface area contributed by atoms with Gasteiger partial charge in [0.25, 0.3) is 0 Å². The van der Waals surface area contributed by atoms with E-state index in [-0.39, 0.29) is 57.2 Å². The van der Waals surface area contributed by atoms with Crippen molar-refractivity contribution in [1.82, 2.24) is 5.32 Å². The molecule has 6 rings (SSSR count). The zero-order chi connectivity index (χ0) is 30.8. The van der Waals surface area contributed by atoms with Crippen LogP contribution in [0.4, 0.5) is 4.79 Å². The van der Waals surface area contributed by atoms with Crippen molar-refractivity contribution in [2.75, 3.05) is 7.05 Å². The smallest absolute Gasteiger partial charge is 0.407 e. The molecular formula is C34H55NO7. The van der Waals surface area contributed by atoms with E-state index in [1.165, 1.54) is 19.8 Å². The zero-order valence-corrected chi connectivity index (χ0v) is 27.3. The Labute approximate surface area is 252 Å². The summed E-state index contributed by atoms with van der Waals surface area (Å²) in [7, 11) is 1.62. The predicted octanol–water partition coefficient (Wildman–Crippen LogP) is 5.23. The molecule has 1 heterocycles. The standard InChI is InChI=1S/C34H55NO7/c1-18-16-20(27(30(5,6)39)40-19(2)36)41-25-24(18)31(7)14-15-34-17-33(34)13-12-23(42-28(38)35-9)29(3,4)21(33)10-11-22(34)32(31,8)26(25)37/h18,20-27,37,39H,10-17H2,1-9H3,(H,35,38)/t18-,20?,21+,22?,23+,24+,25?,26+,27+,31-,32-,33-,34+/m1/s1. The van der Waals surface area contributed by atoms with E-state index in [4.69, 9.17) is 14.2 Å². The molecule has 0 radical (unpaired) electrons. The third-order valence-electron chi connectivity index (χ3n) is 14.5. The van der Waals surface area contributed by atoms with Gasteiger partial charge in [0, 0.05) is 24.8 Å². The summed E-state index contributed by atoms with van der Waals surface area (Å²) in [5.74, 6) is 0.919. The molecule has 8 heteroatoms. The number of hydrogen-bond acceptors (Lipinski definition) is 7. The van der Waals surface area contributed by atoms with Crippen molar-refractivity contribution in [3.8, 4) is 0 Å². The second-order valence-corrected chi connectivity index (χ2v) is 16.9. The number of esters is 1. The van der Waals surface area contributed by atoms with Gasteiger partial charge >= 0.3 is 12.1 Å². The fraction of sp³-hybridized carbons (Fsp3) is 0.941. The highest BCUT2D eigenvalue weighted by molar-refractivity contribution is 5.67. The van der Waals surface area contributed by atoms with Gasteiger partial charge in [-0.05, 0) is 105 Å². The lowest BCUT2D eigenvalue weighted by atomic mass is 9.41. The van der Waals surface area contributed by atoms with Crippen molar-refractivity contribution in [3.05, 3.63) is 0 Å². The van der Waals surface area contributed by atoms with Crippen LogP contribution in [-0.4, -0.2) is 65.4 Å². The zero-order valence-electron chi connectivity index (χ0n) is 27.3. The average Bonchev–Trinajstić information content (AvgIpc) is 3.52. The van der Waals surface area contributed by atoms with E-state index in [0.717, 1.165) is 32.1 Å². The van der Waals surface area contributed by atoms with Gasteiger partial charge in [-0.15, -0.1) is 0 Å². The van der Waals surface area contributed by atoms with Crippen LogP contribution in [0.1, 0.15) is 107 Å². The number of rotatable bonds is 4. The number of aliphatic hydroxyl groups is 2. The second-order valence-electron chi connectivity index (χ2n) is 16.9. The molecule has 0 aromatic rings. The van der Waals surface area contributed by atoms with Gasteiger partial charge in [-0.1, -0.05) is 34.6 Å². The van der Waals surface area contributed by atoms with Crippen LogP contribution in [0, 0.1) is 50.7 Å². The van der Waals surface area contributed by atoms with Gasteiger partial charge in [0.05, 0.1) is 23.9 Å². The number of fused-ring (bicyclic) bond motifs is 4. The van der Waals surface area contributed by atoms with Crippen LogP contribution < -0.4 is 5.32 Å². The summed E-state index contributed by atoms with van der Waals surface area (Å²) >= 11 is 0. The molecule has 5 saturated carbocycles. The Morgan fingerprint density at radius 2 is 1.67 bits per heavy atom. The average molecular weight is 590 g/mol. The quantitative estimate of drug-likeness (QED) is 0.385. The third-order valence-corrected chi connectivity index (χ3v) is 14.5. The lowest BCUT2D eigenvalue weighted by molar-refractivity contribution is -0.216. The largest absolute Gasteiger partial charge is 0.457 e. The van der Waals surface area contributed by atoms with Gasteiger partial charge in [-0.25, -0.2) is 4.79 Å². The van der Waals surface area contributed by atoms with Gasteiger partial charge in [0.15, 0.2) is 6.10 Å². The van der Waals surface area contributed by atoms with Crippen LogP contribution in [0.2, 0.25) is 0 Å². The van der Waals surface area contributed by atoms with Crippen LogP contribution in [0.25, 0.3) is 0 Å². The number of aliphatic hydroxyl groups excluding tert-OH is 1. The number of amides is 1. The molecule has 3 N–H and O–H groups in total. The summed E-state index contributed by atoms with van der Waals surface area (Å²) in [4.78, 5) is 24.2. The maximum Gasteiger partial charge on any atom is 0.407 e. The molecule has 3 unspecified atom stereocenters. The minimum Gasteiger partial charge on any atom is -0.457 e. The predicted molar refractivity (Wildman–Crippen MR) is 157 cm³/mol. The molecule has 1 amide bonds. The Morgan fingerprint density at radius 1 is 1.02 bits per heavy atom. The Morgan fingerprint density at radius 3 is 2.29 bits per heavy atom. The minimum absolute atomic E-state index is 0.0747. The molecular weight excluding hydrogens is 534 g/mol. The van der Waals surface area contributed by atoms with Crippen molar-refractivity contribution < 1.29 is 34.0 Å². The number of hydrogen-bond donors (Lipinski definition) is 3. The lowest BCUT2D eigenvalue weighted by Crippen LogP contribution is -2.60. The SMILES string of the molecule is CNC(=O)O[C@H]1CC[C@]23C[C@]24CC[C@]2(C)[C@@H]5C(OC([C@H](OC(C)=O)C(C)(C)O)C[C@H]5C)[C@H](O)[C@@]2(C)C4CC[C@H]3C1(C)C. The molecule has 1 saturated heterocycles. The summed E-state index contributed by atoms with van der Waals surface area (Å²) in [6.45, 7) is 16.4. The molecule has 0 aromatic carbocycles. The van der Waals surface area contributed by atoms with Crippen LogP contribution >= 0.6 is 0 Å². The number of ether oxygens (including phenoxy) is 3. The van der Waals surface area contributed by atoms with Crippen LogP contribution in [0.5, 0.6) is 0 Å². The first kappa shape index (κ1) is 30.6. The third kappa shape index (κ3) is 3.76. The van der Waals surface area contributed by atoms with E-state index in [1.54, 1.807) is 20.9 Å². The number of carbonyl (C=O) groups is 2. The van der Waals surface area contributed by atoms with Crippen molar-refractivity contribution in [2.45, 2.75) is 143 Å². The van der Waals surface area contributed by atoms with Gasteiger partial charge < -0.3 is 29.7 Å². The van der Waals surface area contributed by atoms with E-state index < -0.39 is 29.9 Å². The molecule has 0 bridgehead atoms.